The number of morpholine rings is 1. The lowest BCUT2D eigenvalue weighted by atomic mass is 10.1. The van der Waals surface area contributed by atoms with E-state index in [4.69, 9.17) is 26.4 Å². The lowest BCUT2D eigenvalue weighted by Gasteiger charge is -2.27. The number of hydrogen-bond acceptors (Lipinski definition) is 7. The number of nitrogens with zero attached hydrogens (tertiary/aromatic N) is 2. The molecule has 0 spiro atoms. The number of thioether (sulfide) groups is 1. The number of carbonyl (C=O) groups excluding carboxylic acids is 2. The molecule has 0 aromatic heterocycles. The van der Waals surface area contributed by atoms with Crippen LogP contribution in [0.2, 0.25) is 0 Å². The fourth-order valence-electron chi connectivity index (χ4n) is 3.42. The van der Waals surface area contributed by atoms with Gasteiger partial charge in [-0.2, -0.15) is 0 Å². The third-order valence-corrected chi connectivity index (χ3v) is 6.95. The first-order valence-electron chi connectivity index (χ1n) is 10.2. The summed E-state index contributed by atoms with van der Waals surface area (Å²) < 4.78 is 17.6. The van der Waals surface area contributed by atoms with Crippen LogP contribution >= 0.6 is 39.9 Å². The second kappa shape index (κ2) is 10.7. The van der Waals surface area contributed by atoms with Gasteiger partial charge in [0.15, 0.2) is 22.4 Å². The molecule has 0 bridgehead atoms. The smallest absolute Gasteiger partial charge is 0.270 e. The standard InChI is InChI=1S/C23H21BrN2O5S2/c1-29-18-12-15(11-17(24)21(18)31-14-20(27)25-7-9-30-10-8-25)13-19-22(28)26(23(32)33-19)16-5-3-2-4-6-16/h2-6,11-13H,7-10,14H2,1H3/b19-13-. The Morgan fingerprint density at radius 2 is 1.97 bits per heavy atom. The zero-order valence-corrected chi connectivity index (χ0v) is 21.0. The highest BCUT2D eigenvalue weighted by Crippen LogP contribution is 2.40. The molecular weight excluding hydrogens is 528 g/mol. The van der Waals surface area contributed by atoms with Crippen LogP contribution in [0.15, 0.2) is 51.8 Å². The lowest BCUT2D eigenvalue weighted by molar-refractivity contribution is -0.137. The van der Waals surface area contributed by atoms with Gasteiger partial charge in [0.1, 0.15) is 0 Å². The average molecular weight is 549 g/mol. The van der Waals surface area contributed by atoms with Crippen molar-refractivity contribution in [3.8, 4) is 11.5 Å². The number of amides is 2. The predicted molar refractivity (Wildman–Crippen MR) is 136 cm³/mol. The van der Waals surface area contributed by atoms with E-state index in [-0.39, 0.29) is 18.4 Å². The quantitative estimate of drug-likeness (QED) is 0.397. The van der Waals surface area contributed by atoms with Crippen LogP contribution in [0.3, 0.4) is 0 Å². The maximum atomic E-state index is 13.0. The molecule has 172 valence electrons. The minimum atomic E-state index is -0.178. The number of halogens is 1. The van der Waals surface area contributed by atoms with Crippen molar-refractivity contribution in [2.45, 2.75) is 0 Å². The van der Waals surface area contributed by atoms with Crippen LogP contribution in [0.1, 0.15) is 5.56 Å². The van der Waals surface area contributed by atoms with Crippen LogP contribution in [0.5, 0.6) is 11.5 Å². The van der Waals surface area contributed by atoms with E-state index in [0.29, 0.717) is 51.5 Å². The Morgan fingerprint density at radius 1 is 1.24 bits per heavy atom. The molecule has 2 heterocycles. The zero-order chi connectivity index (χ0) is 23.4. The number of rotatable bonds is 6. The Kier molecular flexibility index (Phi) is 7.69. The first kappa shape index (κ1) is 23.7. The highest BCUT2D eigenvalue weighted by Gasteiger charge is 2.33. The summed E-state index contributed by atoms with van der Waals surface area (Å²) in [5, 5.41) is 0. The van der Waals surface area contributed by atoms with Crippen molar-refractivity contribution in [2.24, 2.45) is 0 Å². The van der Waals surface area contributed by atoms with E-state index in [1.54, 1.807) is 17.0 Å². The second-order valence-corrected chi connectivity index (χ2v) is 9.70. The van der Waals surface area contributed by atoms with Crippen molar-refractivity contribution in [3.63, 3.8) is 0 Å². The number of benzene rings is 2. The van der Waals surface area contributed by atoms with Crippen molar-refractivity contribution in [1.29, 1.82) is 0 Å². The molecule has 2 fully saturated rings. The molecule has 2 amide bonds. The van der Waals surface area contributed by atoms with Gasteiger partial charge in [-0.1, -0.05) is 42.2 Å². The zero-order valence-electron chi connectivity index (χ0n) is 17.8. The average Bonchev–Trinajstić information content (AvgIpc) is 3.11. The van der Waals surface area contributed by atoms with Crippen LogP contribution in [-0.2, 0) is 14.3 Å². The number of para-hydroxylation sites is 1. The highest BCUT2D eigenvalue weighted by molar-refractivity contribution is 9.10. The molecule has 2 aliphatic rings. The van der Waals surface area contributed by atoms with E-state index in [1.807, 2.05) is 36.4 Å². The van der Waals surface area contributed by atoms with Crippen LogP contribution in [0.4, 0.5) is 5.69 Å². The van der Waals surface area contributed by atoms with Crippen LogP contribution in [0, 0.1) is 0 Å². The minimum absolute atomic E-state index is 0.107. The largest absolute Gasteiger partial charge is 0.493 e. The maximum absolute atomic E-state index is 13.0. The number of hydrogen-bond donors (Lipinski definition) is 0. The Labute approximate surface area is 209 Å². The molecule has 0 N–H and O–H groups in total. The Balaban J connectivity index is 1.52. The fourth-order valence-corrected chi connectivity index (χ4v) is 5.29. The third-order valence-electron chi connectivity index (χ3n) is 5.06. The summed E-state index contributed by atoms with van der Waals surface area (Å²) in [4.78, 5) is 29.1. The van der Waals surface area contributed by atoms with Gasteiger partial charge in [-0.25, -0.2) is 0 Å². The molecule has 0 unspecified atom stereocenters. The van der Waals surface area contributed by atoms with E-state index >= 15 is 0 Å². The number of carbonyl (C=O) groups is 2. The Hall–Kier alpha value is -2.40. The van der Waals surface area contributed by atoms with Gasteiger partial charge in [0.05, 0.1) is 35.4 Å². The monoisotopic (exact) mass is 548 g/mol. The van der Waals surface area contributed by atoms with Gasteiger partial charge in [0, 0.05) is 13.1 Å². The molecule has 0 atom stereocenters. The first-order valence-corrected chi connectivity index (χ1v) is 12.2. The molecular formula is C23H21BrN2O5S2. The van der Waals surface area contributed by atoms with Gasteiger partial charge in [-0.15, -0.1) is 0 Å². The van der Waals surface area contributed by atoms with Gasteiger partial charge in [0.25, 0.3) is 11.8 Å². The molecule has 2 saturated heterocycles. The van der Waals surface area contributed by atoms with Crippen LogP contribution in [-0.4, -0.2) is 61.1 Å². The third kappa shape index (κ3) is 5.40. The second-order valence-electron chi connectivity index (χ2n) is 7.17. The van der Waals surface area contributed by atoms with Gasteiger partial charge >= 0.3 is 0 Å². The normalized spacial score (nSPS) is 17.6. The molecule has 2 aliphatic heterocycles. The molecule has 2 aromatic rings. The number of anilines is 1. The summed E-state index contributed by atoms with van der Waals surface area (Å²) in [7, 11) is 1.52. The molecule has 33 heavy (non-hydrogen) atoms. The first-order chi connectivity index (χ1) is 16.0. The van der Waals surface area contributed by atoms with Crippen molar-refractivity contribution in [3.05, 3.63) is 57.4 Å². The minimum Gasteiger partial charge on any atom is -0.493 e. The summed E-state index contributed by atoms with van der Waals surface area (Å²) in [5.74, 6) is 0.584. The van der Waals surface area contributed by atoms with Gasteiger partial charge in [-0.05, 0) is 51.8 Å². The molecule has 4 rings (SSSR count). The van der Waals surface area contributed by atoms with Crippen molar-refractivity contribution < 1.29 is 23.8 Å². The van der Waals surface area contributed by atoms with Crippen molar-refractivity contribution >= 4 is 67.8 Å². The van der Waals surface area contributed by atoms with E-state index in [0.717, 1.165) is 11.3 Å². The Morgan fingerprint density at radius 3 is 2.67 bits per heavy atom. The topological polar surface area (TPSA) is 68.3 Å². The number of thiocarbonyl (C=S) groups is 1. The summed E-state index contributed by atoms with van der Waals surface area (Å²) in [5.41, 5.74) is 1.47. The Bertz CT molecular complexity index is 1100. The summed E-state index contributed by atoms with van der Waals surface area (Å²) in [6.45, 7) is 2.07. The van der Waals surface area contributed by atoms with Crippen molar-refractivity contribution in [2.75, 3.05) is 44.9 Å². The SMILES string of the molecule is COc1cc(/C=C2\SC(=S)N(c3ccccc3)C2=O)cc(Br)c1OCC(=O)N1CCOCC1. The molecule has 0 saturated carbocycles. The fraction of sp³-hybridized carbons (Fsp3) is 0.261. The lowest BCUT2D eigenvalue weighted by Crippen LogP contribution is -2.43. The predicted octanol–water partition coefficient (Wildman–Crippen LogP) is 4.10. The summed E-state index contributed by atoms with van der Waals surface area (Å²) in [6, 6.07) is 12.9. The molecule has 7 nitrogen and oxygen atoms in total. The van der Waals surface area contributed by atoms with E-state index in [2.05, 4.69) is 15.9 Å². The van der Waals surface area contributed by atoms with Crippen LogP contribution < -0.4 is 14.4 Å². The van der Waals surface area contributed by atoms with Gasteiger partial charge in [0.2, 0.25) is 0 Å². The number of ether oxygens (including phenoxy) is 3. The van der Waals surface area contributed by atoms with Gasteiger partial charge < -0.3 is 19.1 Å². The molecule has 0 radical (unpaired) electrons. The molecule has 10 heteroatoms. The van der Waals surface area contributed by atoms with E-state index in [1.165, 1.54) is 23.8 Å². The number of methoxy groups -OCH3 is 1. The maximum Gasteiger partial charge on any atom is 0.270 e. The highest BCUT2D eigenvalue weighted by atomic mass is 79.9. The van der Waals surface area contributed by atoms with Crippen molar-refractivity contribution in [1.82, 2.24) is 4.90 Å². The van der Waals surface area contributed by atoms with E-state index < -0.39 is 0 Å². The molecule has 0 aliphatic carbocycles. The van der Waals surface area contributed by atoms with Gasteiger partial charge in [-0.3, -0.25) is 14.5 Å². The van der Waals surface area contributed by atoms with E-state index in [9.17, 15) is 9.59 Å². The molecule has 2 aromatic carbocycles. The summed E-state index contributed by atoms with van der Waals surface area (Å²) >= 11 is 10.2. The summed E-state index contributed by atoms with van der Waals surface area (Å²) in [6.07, 6.45) is 1.76. The van der Waals surface area contributed by atoms with Crippen LogP contribution in [0.25, 0.3) is 6.08 Å².